The molecule has 0 aliphatic heterocycles. The molecule has 1 aromatic rings. The van der Waals surface area contributed by atoms with Crippen molar-refractivity contribution in [3.05, 3.63) is 24.3 Å². The molecule has 5 heteroatoms. The van der Waals surface area contributed by atoms with Crippen molar-refractivity contribution < 1.29 is 8.42 Å². The summed E-state index contributed by atoms with van der Waals surface area (Å²) >= 11 is 1.54. The van der Waals surface area contributed by atoms with E-state index in [9.17, 15) is 8.42 Å². The van der Waals surface area contributed by atoms with E-state index in [1.807, 2.05) is 24.3 Å². The van der Waals surface area contributed by atoms with Crippen LogP contribution in [0.4, 0.5) is 5.69 Å². The highest BCUT2D eigenvalue weighted by Crippen LogP contribution is 2.19. The Hall–Kier alpha value is -0.680. The summed E-state index contributed by atoms with van der Waals surface area (Å²) in [5.41, 5.74) is 6.26. The minimum absolute atomic E-state index is 0.218. The first-order chi connectivity index (χ1) is 7.03. The Bertz CT molecular complexity index is 398. The van der Waals surface area contributed by atoms with Crippen LogP contribution in [0.2, 0.25) is 0 Å². The zero-order chi connectivity index (χ0) is 11.3. The smallest absolute Gasteiger partial charge is 0.150 e. The average Bonchev–Trinajstić information content (AvgIpc) is 2.21. The molecule has 0 heterocycles. The molecule has 0 saturated heterocycles. The fourth-order valence-electron chi connectivity index (χ4n) is 0.995. The second kappa shape index (κ2) is 5.42. The van der Waals surface area contributed by atoms with Crippen molar-refractivity contribution >= 4 is 27.3 Å². The second-order valence-electron chi connectivity index (χ2n) is 3.15. The SMILES string of the molecule is CCS(=O)(=O)CCSc1ccc(N)cc1. The fourth-order valence-corrected chi connectivity index (χ4v) is 3.20. The number of nitrogen functional groups attached to an aromatic ring is 1. The van der Waals surface area contributed by atoms with Gasteiger partial charge in [0.05, 0.1) is 5.75 Å². The van der Waals surface area contributed by atoms with E-state index >= 15 is 0 Å². The highest BCUT2D eigenvalue weighted by molar-refractivity contribution is 8.00. The first-order valence-electron chi connectivity index (χ1n) is 4.72. The van der Waals surface area contributed by atoms with E-state index in [4.69, 9.17) is 5.73 Å². The van der Waals surface area contributed by atoms with Crippen LogP contribution in [0.3, 0.4) is 0 Å². The van der Waals surface area contributed by atoms with Crippen LogP contribution in [0.15, 0.2) is 29.2 Å². The number of anilines is 1. The molecule has 0 atom stereocenters. The summed E-state index contributed by atoms with van der Waals surface area (Å²) in [5.74, 6) is 1.05. The van der Waals surface area contributed by atoms with Crippen molar-refractivity contribution in [3.63, 3.8) is 0 Å². The number of rotatable bonds is 5. The Labute approximate surface area is 95.0 Å². The predicted molar refractivity (Wildman–Crippen MR) is 65.9 cm³/mol. The fraction of sp³-hybridized carbons (Fsp3) is 0.400. The Balaban J connectivity index is 2.42. The van der Waals surface area contributed by atoms with E-state index in [1.54, 1.807) is 6.92 Å². The van der Waals surface area contributed by atoms with Gasteiger partial charge in [-0.05, 0) is 24.3 Å². The van der Waals surface area contributed by atoms with E-state index in [0.717, 1.165) is 10.6 Å². The quantitative estimate of drug-likeness (QED) is 0.634. The van der Waals surface area contributed by atoms with Crippen LogP contribution in [0.5, 0.6) is 0 Å². The van der Waals surface area contributed by atoms with Gasteiger partial charge >= 0.3 is 0 Å². The van der Waals surface area contributed by atoms with Crippen molar-refractivity contribution in [3.8, 4) is 0 Å². The molecular formula is C10H15NO2S2. The van der Waals surface area contributed by atoms with Crippen LogP contribution in [0.25, 0.3) is 0 Å². The van der Waals surface area contributed by atoms with Gasteiger partial charge in [0.15, 0.2) is 9.84 Å². The third kappa shape index (κ3) is 4.57. The summed E-state index contributed by atoms with van der Waals surface area (Å²) in [5, 5.41) is 0. The Morgan fingerprint density at radius 3 is 2.40 bits per heavy atom. The van der Waals surface area contributed by atoms with E-state index in [0.29, 0.717) is 5.75 Å². The molecule has 0 aliphatic carbocycles. The van der Waals surface area contributed by atoms with Crippen LogP contribution in [0, 0.1) is 0 Å². The minimum atomic E-state index is -2.84. The molecule has 0 unspecified atom stereocenters. The van der Waals surface area contributed by atoms with Crippen LogP contribution >= 0.6 is 11.8 Å². The van der Waals surface area contributed by atoms with Crippen LogP contribution in [-0.2, 0) is 9.84 Å². The third-order valence-electron chi connectivity index (χ3n) is 1.98. The Morgan fingerprint density at radius 2 is 1.87 bits per heavy atom. The highest BCUT2D eigenvalue weighted by atomic mass is 32.2. The van der Waals surface area contributed by atoms with E-state index in [-0.39, 0.29) is 11.5 Å². The monoisotopic (exact) mass is 245 g/mol. The van der Waals surface area contributed by atoms with Gasteiger partial charge in [0, 0.05) is 22.1 Å². The molecule has 0 aromatic heterocycles. The van der Waals surface area contributed by atoms with E-state index < -0.39 is 9.84 Å². The van der Waals surface area contributed by atoms with Gasteiger partial charge < -0.3 is 5.73 Å². The molecule has 3 nitrogen and oxygen atoms in total. The summed E-state index contributed by atoms with van der Waals surface area (Å²) in [7, 11) is -2.84. The molecule has 0 fully saturated rings. The minimum Gasteiger partial charge on any atom is -0.399 e. The Kier molecular flexibility index (Phi) is 4.47. The lowest BCUT2D eigenvalue weighted by atomic mass is 10.3. The first-order valence-corrected chi connectivity index (χ1v) is 7.53. The maximum absolute atomic E-state index is 11.2. The zero-order valence-corrected chi connectivity index (χ0v) is 10.3. The first kappa shape index (κ1) is 12.4. The van der Waals surface area contributed by atoms with Crippen LogP contribution in [0.1, 0.15) is 6.92 Å². The summed E-state index contributed by atoms with van der Waals surface area (Å²) in [6, 6.07) is 7.43. The number of sulfone groups is 1. The maximum atomic E-state index is 11.2. The molecule has 84 valence electrons. The van der Waals surface area contributed by atoms with Crippen molar-refractivity contribution in [2.75, 3.05) is 23.0 Å². The molecule has 15 heavy (non-hydrogen) atoms. The summed E-state index contributed by atoms with van der Waals surface area (Å²) < 4.78 is 22.4. The topological polar surface area (TPSA) is 60.2 Å². The normalized spacial score (nSPS) is 11.5. The molecule has 1 rings (SSSR count). The van der Waals surface area contributed by atoms with Crippen molar-refractivity contribution in [1.29, 1.82) is 0 Å². The standard InChI is InChI=1S/C10H15NO2S2/c1-2-15(12,13)8-7-14-10-5-3-9(11)4-6-10/h3-6H,2,7-8,11H2,1H3. The Morgan fingerprint density at radius 1 is 1.27 bits per heavy atom. The van der Waals surface area contributed by atoms with Gasteiger partial charge in [-0.15, -0.1) is 11.8 Å². The van der Waals surface area contributed by atoms with E-state index in [2.05, 4.69) is 0 Å². The van der Waals surface area contributed by atoms with Crippen molar-refractivity contribution in [1.82, 2.24) is 0 Å². The number of thioether (sulfide) groups is 1. The molecule has 0 radical (unpaired) electrons. The van der Waals surface area contributed by atoms with Crippen LogP contribution < -0.4 is 5.73 Å². The molecule has 0 amide bonds. The van der Waals surface area contributed by atoms with Gasteiger partial charge in [-0.1, -0.05) is 6.92 Å². The molecule has 0 bridgehead atoms. The summed E-state index contributed by atoms with van der Waals surface area (Å²) in [4.78, 5) is 1.05. The lowest BCUT2D eigenvalue weighted by Gasteiger charge is -2.02. The van der Waals surface area contributed by atoms with Gasteiger partial charge in [-0.25, -0.2) is 8.42 Å². The zero-order valence-electron chi connectivity index (χ0n) is 8.64. The molecule has 0 spiro atoms. The predicted octanol–water partition coefficient (Wildman–Crippen LogP) is 1.80. The third-order valence-corrected chi connectivity index (χ3v) is 4.96. The maximum Gasteiger partial charge on any atom is 0.150 e. The molecule has 2 N–H and O–H groups in total. The lowest BCUT2D eigenvalue weighted by Crippen LogP contribution is -2.10. The summed E-state index contributed by atoms with van der Waals surface area (Å²) in [6.45, 7) is 1.67. The second-order valence-corrected chi connectivity index (χ2v) is 6.79. The number of benzene rings is 1. The molecule has 0 saturated carbocycles. The number of hydrogen-bond acceptors (Lipinski definition) is 4. The van der Waals surface area contributed by atoms with Gasteiger partial charge in [-0.3, -0.25) is 0 Å². The van der Waals surface area contributed by atoms with E-state index in [1.165, 1.54) is 11.8 Å². The van der Waals surface area contributed by atoms with Gasteiger partial charge in [0.25, 0.3) is 0 Å². The van der Waals surface area contributed by atoms with Gasteiger partial charge in [0.2, 0.25) is 0 Å². The highest BCUT2D eigenvalue weighted by Gasteiger charge is 2.06. The number of hydrogen-bond donors (Lipinski definition) is 1. The van der Waals surface area contributed by atoms with Crippen molar-refractivity contribution in [2.24, 2.45) is 0 Å². The summed E-state index contributed by atoms with van der Waals surface area (Å²) in [6.07, 6.45) is 0. The molecular weight excluding hydrogens is 230 g/mol. The number of nitrogens with two attached hydrogens (primary N) is 1. The lowest BCUT2D eigenvalue weighted by molar-refractivity contribution is 0.599. The van der Waals surface area contributed by atoms with Gasteiger partial charge in [-0.2, -0.15) is 0 Å². The molecule has 0 aliphatic rings. The van der Waals surface area contributed by atoms with Crippen LogP contribution in [-0.4, -0.2) is 25.7 Å². The molecule has 1 aromatic carbocycles. The average molecular weight is 245 g/mol. The van der Waals surface area contributed by atoms with Gasteiger partial charge in [0.1, 0.15) is 0 Å². The van der Waals surface area contributed by atoms with Crippen molar-refractivity contribution in [2.45, 2.75) is 11.8 Å². The largest absolute Gasteiger partial charge is 0.399 e.